The normalized spacial score (nSPS) is 17.0. The van der Waals surface area contributed by atoms with Crippen LogP contribution in [0.3, 0.4) is 0 Å². The predicted molar refractivity (Wildman–Crippen MR) is 113 cm³/mol. The molecule has 8 N–H and O–H groups in total. The molecule has 174 valence electrons. The maximum absolute atomic E-state index is 12.4. The summed E-state index contributed by atoms with van der Waals surface area (Å²) in [5.41, 5.74) is 5.81. The Morgan fingerprint density at radius 2 is 1.57 bits per heavy atom. The minimum atomic E-state index is -1.48. The second kappa shape index (κ2) is 14.2. The van der Waals surface area contributed by atoms with Crippen molar-refractivity contribution in [1.82, 2.24) is 16.0 Å². The molecular formula is C18H34N4O7S. The van der Waals surface area contributed by atoms with Gasteiger partial charge >= 0.3 is 5.97 Å². The van der Waals surface area contributed by atoms with Crippen molar-refractivity contribution in [2.24, 2.45) is 11.7 Å². The molecule has 12 heteroatoms. The first-order valence-corrected chi connectivity index (χ1v) is 11.1. The molecule has 0 aliphatic rings. The first kappa shape index (κ1) is 28.1. The van der Waals surface area contributed by atoms with Gasteiger partial charge in [-0.1, -0.05) is 20.3 Å². The van der Waals surface area contributed by atoms with Crippen molar-refractivity contribution in [3.8, 4) is 0 Å². The average Bonchev–Trinajstić information content (AvgIpc) is 2.70. The standard InChI is InChI=1S/C18H34N4O7S/c1-5-9(2)13(19)16(26)21-12(8-23)15(25)22-14(10(3)24)17(27)20-11(18(28)29)6-7-30-4/h9-14,23-24H,5-8,19H2,1-4H3,(H,20,27)(H,21,26)(H,22,25)(H,28,29). The minimum absolute atomic E-state index is 0.155. The lowest BCUT2D eigenvalue weighted by Crippen LogP contribution is -2.60. The van der Waals surface area contributed by atoms with Crippen molar-refractivity contribution in [2.45, 2.75) is 63.9 Å². The maximum Gasteiger partial charge on any atom is 0.326 e. The molecule has 30 heavy (non-hydrogen) atoms. The maximum atomic E-state index is 12.4. The van der Waals surface area contributed by atoms with Crippen LogP contribution < -0.4 is 21.7 Å². The summed E-state index contributed by atoms with van der Waals surface area (Å²) in [7, 11) is 0. The highest BCUT2D eigenvalue weighted by atomic mass is 32.2. The summed E-state index contributed by atoms with van der Waals surface area (Å²) < 4.78 is 0. The molecule has 0 bridgehead atoms. The molecule has 0 radical (unpaired) electrons. The molecule has 0 spiro atoms. The van der Waals surface area contributed by atoms with Crippen LogP contribution in [0.1, 0.15) is 33.6 Å². The van der Waals surface area contributed by atoms with Gasteiger partial charge in [0.15, 0.2) is 0 Å². The fourth-order valence-corrected chi connectivity index (χ4v) is 2.86. The van der Waals surface area contributed by atoms with Gasteiger partial charge in [0.1, 0.15) is 18.1 Å². The van der Waals surface area contributed by atoms with Crippen LogP contribution in [0.5, 0.6) is 0 Å². The smallest absolute Gasteiger partial charge is 0.326 e. The summed E-state index contributed by atoms with van der Waals surface area (Å²) in [5.74, 6) is -3.37. The molecule has 6 atom stereocenters. The highest BCUT2D eigenvalue weighted by Crippen LogP contribution is 2.06. The number of aliphatic carboxylic acids is 1. The van der Waals surface area contributed by atoms with Gasteiger partial charge < -0.3 is 37.0 Å². The molecule has 0 saturated carbocycles. The van der Waals surface area contributed by atoms with Crippen molar-refractivity contribution in [3.05, 3.63) is 0 Å². The Morgan fingerprint density at radius 1 is 1.00 bits per heavy atom. The number of hydrogen-bond acceptors (Lipinski definition) is 8. The predicted octanol–water partition coefficient (Wildman–Crippen LogP) is -1.97. The number of carboxylic acid groups (broad SMARTS) is 1. The summed E-state index contributed by atoms with van der Waals surface area (Å²) in [6.07, 6.45) is 1.22. The molecule has 0 saturated heterocycles. The van der Waals surface area contributed by atoms with Crippen molar-refractivity contribution in [2.75, 3.05) is 18.6 Å². The highest BCUT2D eigenvalue weighted by Gasteiger charge is 2.32. The lowest BCUT2D eigenvalue weighted by atomic mass is 9.99. The van der Waals surface area contributed by atoms with Gasteiger partial charge in [-0.3, -0.25) is 14.4 Å². The fourth-order valence-electron chi connectivity index (χ4n) is 2.39. The Bertz CT molecular complexity index is 591. The van der Waals surface area contributed by atoms with Crippen LogP contribution in [0, 0.1) is 5.92 Å². The highest BCUT2D eigenvalue weighted by molar-refractivity contribution is 7.98. The number of carbonyl (C=O) groups excluding carboxylic acids is 3. The summed E-state index contributed by atoms with van der Waals surface area (Å²) in [5, 5.41) is 35.4. The minimum Gasteiger partial charge on any atom is -0.480 e. The Labute approximate surface area is 180 Å². The summed E-state index contributed by atoms with van der Waals surface area (Å²) in [4.78, 5) is 48.4. The average molecular weight is 451 g/mol. The Morgan fingerprint density at radius 3 is 2.00 bits per heavy atom. The number of amides is 3. The van der Waals surface area contributed by atoms with Gasteiger partial charge in [-0.25, -0.2) is 4.79 Å². The second-order valence-electron chi connectivity index (χ2n) is 7.06. The van der Waals surface area contributed by atoms with Crippen LogP contribution in [0.25, 0.3) is 0 Å². The van der Waals surface area contributed by atoms with Gasteiger partial charge in [0, 0.05) is 0 Å². The molecule has 0 fully saturated rings. The van der Waals surface area contributed by atoms with E-state index in [9.17, 15) is 34.5 Å². The molecule has 0 heterocycles. The zero-order chi connectivity index (χ0) is 23.4. The van der Waals surface area contributed by atoms with Crippen LogP contribution in [0.15, 0.2) is 0 Å². The topological polar surface area (TPSA) is 191 Å². The summed E-state index contributed by atoms with van der Waals surface area (Å²) in [6.45, 7) is 4.10. The van der Waals surface area contributed by atoms with Gasteiger partial charge in [-0.15, -0.1) is 0 Å². The Kier molecular flexibility index (Phi) is 13.3. The van der Waals surface area contributed by atoms with E-state index in [2.05, 4.69) is 16.0 Å². The SMILES string of the molecule is CCC(C)C(N)C(=O)NC(CO)C(=O)NC(C(=O)NC(CCSC)C(=O)O)C(C)O. The van der Waals surface area contributed by atoms with Crippen LogP contribution >= 0.6 is 11.8 Å². The summed E-state index contributed by atoms with van der Waals surface area (Å²) >= 11 is 1.41. The molecule has 11 nitrogen and oxygen atoms in total. The molecule has 0 aromatic rings. The third-order valence-electron chi connectivity index (χ3n) is 4.66. The van der Waals surface area contributed by atoms with Crippen molar-refractivity contribution >= 4 is 35.5 Å². The molecule has 3 amide bonds. The first-order valence-electron chi connectivity index (χ1n) is 9.67. The lowest BCUT2D eigenvalue weighted by molar-refractivity contribution is -0.143. The molecule has 6 unspecified atom stereocenters. The molecule has 0 aliphatic heterocycles. The van der Waals surface area contributed by atoms with Crippen molar-refractivity contribution < 1.29 is 34.5 Å². The number of aliphatic hydroxyl groups is 2. The van der Waals surface area contributed by atoms with Crippen LogP contribution in [0.2, 0.25) is 0 Å². The monoisotopic (exact) mass is 450 g/mol. The van der Waals surface area contributed by atoms with Crippen LogP contribution in [-0.2, 0) is 19.2 Å². The van der Waals surface area contributed by atoms with Gasteiger partial charge in [0.2, 0.25) is 17.7 Å². The van der Waals surface area contributed by atoms with Crippen molar-refractivity contribution in [3.63, 3.8) is 0 Å². The van der Waals surface area contributed by atoms with E-state index in [4.69, 9.17) is 5.73 Å². The van der Waals surface area contributed by atoms with Gasteiger partial charge in [-0.05, 0) is 31.3 Å². The Balaban J connectivity index is 5.16. The molecular weight excluding hydrogens is 416 g/mol. The van der Waals surface area contributed by atoms with E-state index in [1.807, 2.05) is 6.92 Å². The molecule has 0 aromatic carbocycles. The van der Waals surface area contributed by atoms with Gasteiger partial charge in [-0.2, -0.15) is 11.8 Å². The summed E-state index contributed by atoms with van der Waals surface area (Å²) in [6, 6.07) is -4.96. The zero-order valence-electron chi connectivity index (χ0n) is 17.8. The van der Waals surface area contributed by atoms with Gasteiger partial charge in [0.05, 0.1) is 18.8 Å². The number of thioether (sulfide) groups is 1. The number of nitrogens with two attached hydrogens (primary N) is 1. The van der Waals surface area contributed by atoms with E-state index in [0.29, 0.717) is 12.2 Å². The zero-order valence-corrected chi connectivity index (χ0v) is 18.6. The van der Waals surface area contributed by atoms with E-state index in [-0.39, 0.29) is 12.3 Å². The van der Waals surface area contributed by atoms with E-state index in [1.165, 1.54) is 18.7 Å². The number of hydrogen-bond donors (Lipinski definition) is 7. The van der Waals surface area contributed by atoms with Crippen molar-refractivity contribution in [1.29, 1.82) is 0 Å². The second-order valence-corrected chi connectivity index (χ2v) is 8.05. The fraction of sp³-hybridized carbons (Fsp3) is 0.778. The van der Waals surface area contributed by atoms with Crippen LogP contribution in [-0.4, -0.2) is 87.9 Å². The molecule has 0 rings (SSSR count). The van der Waals surface area contributed by atoms with E-state index in [0.717, 1.165) is 0 Å². The quantitative estimate of drug-likeness (QED) is 0.157. The number of carbonyl (C=O) groups is 4. The van der Waals surface area contributed by atoms with Crippen LogP contribution in [0.4, 0.5) is 0 Å². The van der Waals surface area contributed by atoms with E-state index in [1.54, 1.807) is 13.2 Å². The number of nitrogens with one attached hydrogen (secondary N) is 3. The van der Waals surface area contributed by atoms with E-state index < -0.39 is 60.6 Å². The first-order chi connectivity index (χ1) is 14.0. The Hall–Kier alpha value is -1.89. The third kappa shape index (κ3) is 9.28. The lowest BCUT2D eigenvalue weighted by Gasteiger charge is -2.26. The van der Waals surface area contributed by atoms with E-state index >= 15 is 0 Å². The molecule has 0 aromatic heterocycles. The number of aliphatic hydroxyl groups excluding tert-OH is 2. The third-order valence-corrected chi connectivity index (χ3v) is 5.31. The largest absolute Gasteiger partial charge is 0.480 e. The molecule has 0 aliphatic carbocycles. The van der Waals surface area contributed by atoms with Gasteiger partial charge in [0.25, 0.3) is 0 Å². The number of rotatable bonds is 14. The number of carboxylic acids is 1.